The van der Waals surface area contributed by atoms with Crippen LogP contribution in [0.3, 0.4) is 0 Å². The van der Waals surface area contributed by atoms with E-state index in [1.54, 1.807) is 0 Å². The van der Waals surface area contributed by atoms with Crippen LogP contribution in [0.1, 0.15) is 17.2 Å². The molecule has 0 fully saturated rings. The van der Waals surface area contributed by atoms with Crippen molar-refractivity contribution in [3.05, 3.63) is 114 Å². The number of nitrogens with one attached hydrogen (secondary N) is 2. The van der Waals surface area contributed by atoms with E-state index >= 15 is 0 Å². The van der Waals surface area contributed by atoms with E-state index in [9.17, 15) is 4.79 Å². The second-order valence-electron chi connectivity index (χ2n) is 6.38. The Balaban J connectivity index is 1.60. The molecule has 0 aliphatic carbocycles. The van der Waals surface area contributed by atoms with Crippen LogP contribution in [0, 0.1) is 0 Å². The first-order chi connectivity index (χ1) is 13.3. The summed E-state index contributed by atoms with van der Waals surface area (Å²) in [6, 6.07) is 33.4. The quantitative estimate of drug-likeness (QED) is 0.482. The van der Waals surface area contributed by atoms with E-state index in [4.69, 9.17) is 0 Å². The minimum absolute atomic E-state index is 0.220. The summed E-state index contributed by atoms with van der Waals surface area (Å²) in [6.45, 7) is 0. The van der Waals surface area contributed by atoms with Crippen molar-refractivity contribution in [3.8, 4) is 0 Å². The van der Waals surface area contributed by atoms with Crippen molar-refractivity contribution in [2.45, 2.75) is 6.04 Å². The molecule has 0 aromatic heterocycles. The van der Waals surface area contributed by atoms with Crippen molar-refractivity contribution in [2.24, 2.45) is 0 Å². The number of hydrogen-bond acceptors (Lipinski definition) is 1. The molecule has 0 spiro atoms. The van der Waals surface area contributed by atoms with E-state index in [0.717, 1.165) is 27.6 Å². The Morgan fingerprint density at radius 1 is 0.630 bits per heavy atom. The van der Waals surface area contributed by atoms with Crippen molar-refractivity contribution in [1.82, 2.24) is 5.32 Å². The normalized spacial score (nSPS) is 10.7. The maximum absolute atomic E-state index is 12.8. The molecule has 3 nitrogen and oxygen atoms in total. The second-order valence-corrected chi connectivity index (χ2v) is 6.38. The summed E-state index contributed by atoms with van der Waals surface area (Å²) in [6.07, 6.45) is 0. The van der Waals surface area contributed by atoms with Gasteiger partial charge in [0.1, 0.15) is 0 Å². The van der Waals surface area contributed by atoms with Gasteiger partial charge in [-0.1, -0.05) is 97.1 Å². The van der Waals surface area contributed by atoms with Gasteiger partial charge in [-0.05, 0) is 22.6 Å². The highest BCUT2D eigenvalue weighted by Gasteiger charge is 2.17. The average molecular weight is 352 g/mol. The fraction of sp³-hybridized carbons (Fsp3) is 0.0417. The fourth-order valence-electron chi connectivity index (χ4n) is 3.27. The van der Waals surface area contributed by atoms with Gasteiger partial charge in [0.15, 0.2) is 0 Å². The zero-order chi connectivity index (χ0) is 18.5. The van der Waals surface area contributed by atoms with Gasteiger partial charge in [0, 0.05) is 5.39 Å². The van der Waals surface area contributed by atoms with Gasteiger partial charge in [0.2, 0.25) is 0 Å². The zero-order valence-corrected chi connectivity index (χ0v) is 14.8. The molecule has 0 unspecified atom stereocenters. The van der Waals surface area contributed by atoms with E-state index in [1.165, 1.54) is 0 Å². The molecule has 27 heavy (non-hydrogen) atoms. The second kappa shape index (κ2) is 7.75. The van der Waals surface area contributed by atoms with Gasteiger partial charge in [-0.2, -0.15) is 0 Å². The number of urea groups is 1. The molecule has 0 atom stereocenters. The van der Waals surface area contributed by atoms with E-state index in [-0.39, 0.29) is 12.1 Å². The number of rotatable bonds is 4. The Labute approximate surface area is 158 Å². The number of fused-ring (bicyclic) bond motifs is 1. The van der Waals surface area contributed by atoms with Crippen molar-refractivity contribution >= 4 is 22.5 Å². The summed E-state index contributed by atoms with van der Waals surface area (Å²) in [5.41, 5.74) is 2.87. The van der Waals surface area contributed by atoms with Crippen LogP contribution in [0.25, 0.3) is 10.8 Å². The van der Waals surface area contributed by atoms with Gasteiger partial charge in [-0.25, -0.2) is 4.79 Å². The number of benzene rings is 4. The van der Waals surface area contributed by atoms with Crippen LogP contribution in [0.5, 0.6) is 0 Å². The van der Waals surface area contributed by atoms with Crippen molar-refractivity contribution in [2.75, 3.05) is 5.32 Å². The first-order valence-corrected chi connectivity index (χ1v) is 8.96. The monoisotopic (exact) mass is 352 g/mol. The molecule has 0 saturated carbocycles. The smallest absolute Gasteiger partial charge is 0.320 e. The topological polar surface area (TPSA) is 41.1 Å². The standard InChI is InChI=1S/C24H20N2O/c27-24(25-22-17-9-15-18-10-7-8-16-21(18)22)26-23(19-11-3-1-4-12-19)20-13-5-2-6-14-20/h1-17,23H,(H2,25,26,27). The van der Waals surface area contributed by atoms with Crippen LogP contribution < -0.4 is 10.6 Å². The number of carbonyl (C=O) groups is 1. The summed E-state index contributed by atoms with van der Waals surface area (Å²) in [7, 11) is 0. The first-order valence-electron chi connectivity index (χ1n) is 8.96. The Bertz CT molecular complexity index is 1000. The molecular weight excluding hydrogens is 332 g/mol. The summed E-state index contributed by atoms with van der Waals surface area (Å²) in [4.78, 5) is 12.8. The third kappa shape index (κ3) is 3.82. The molecule has 0 bridgehead atoms. The van der Waals surface area contributed by atoms with Crippen LogP contribution in [0.15, 0.2) is 103 Å². The molecule has 132 valence electrons. The summed E-state index contributed by atoms with van der Waals surface area (Å²) in [5.74, 6) is 0. The van der Waals surface area contributed by atoms with Gasteiger partial charge in [0.25, 0.3) is 0 Å². The largest absolute Gasteiger partial charge is 0.327 e. The van der Waals surface area contributed by atoms with Crippen LogP contribution in [0.2, 0.25) is 0 Å². The molecular formula is C24H20N2O. The zero-order valence-electron chi connectivity index (χ0n) is 14.8. The Morgan fingerprint density at radius 2 is 1.19 bits per heavy atom. The van der Waals surface area contributed by atoms with Gasteiger partial charge >= 0.3 is 6.03 Å². The molecule has 4 rings (SSSR count). The average Bonchev–Trinajstić information content (AvgIpc) is 2.73. The maximum atomic E-state index is 12.8. The van der Waals surface area contributed by atoms with E-state index in [2.05, 4.69) is 10.6 Å². The fourth-order valence-corrected chi connectivity index (χ4v) is 3.27. The lowest BCUT2D eigenvalue weighted by atomic mass is 9.99. The Kier molecular flexibility index (Phi) is 4.84. The lowest BCUT2D eigenvalue weighted by Gasteiger charge is -2.20. The van der Waals surface area contributed by atoms with E-state index < -0.39 is 0 Å². The molecule has 3 heteroatoms. The van der Waals surface area contributed by atoms with Crippen LogP contribution in [-0.4, -0.2) is 6.03 Å². The van der Waals surface area contributed by atoms with Crippen LogP contribution in [-0.2, 0) is 0 Å². The van der Waals surface area contributed by atoms with Gasteiger partial charge < -0.3 is 10.6 Å². The molecule has 0 saturated heterocycles. The molecule has 0 heterocycles. The van der Waals surface area contributed by atoms with Crippen LogP contribution in [0.4, 0.5) is 10.5 Å². The lowest BCUT2D eigenvalue weighted by molar-refractivity contribution is 0.250. The van der Waals surface area contributed by atoms with Crippen molar-refractivity contribution in [3.63, 3.8) is 0 Å². The number of amides is 2. The molecule has 2 amide bonds. The molecule has 4 aromatic rings. The Morgan fingerprint density at radius 3 is 1.85 bits per heavy atom. The predicted octanol–water partition coefficient (Wildman–Crippen LogP) is 5.75. The minimum Gasteiger partial charge on any atom is -0.327 e. The highest BCUT2D eigenvalue weighted by Crippen LogP contribution is 2.24. The number of anilines is 1. The van der Waals surface area contributed by atoms with Crippen molar-refractivity contribution < 1.29 is 4.79 Å². The summed E-state index contributed by atoms with van der Waals surface area (Å²) >= 11 is 0. The number of carbonyl (C=O) groups excluding carboxylic acids is 1. The van der Waals surface area contributed by atoms with E-state index in [1.807, 2.05) is 103 Å². The number of hydrogen-bond donors (Lipinski definition) is 2. The predicted molar refractivity (Wildman–Crippen MR) is 111 cm³/mol. The summed E-state index contributed by atoms with van der Waals surface area (Å²) in [5, 5.41) is 8.23. The lowest BCUT2D eigenvalue weighted by Crippen LogP contribution is -2.33. The highest BCUT2D eigenvalue weighted by atomic mass is 16.2. The molecule has 0 aliphatic rings. The summed E-state index contributed by atoms with van der Waals surface area (Å²) < 4.78 is 0. The maximum Gasteiger partial charge on any atom is 0.320 e. The molecule has 4 aromatic carbocycles. The third-order valence-electron chi connectivity index (χ3n) is 4.58. The van der Waals surface area contributed by atoms with Crippen molar-refractivity contribution in [1.29, 1.82) is 0 Å². The molecule has 0 radical (unpaired) electrons. The molecule has 2 N–H and O–H groups in total. The first kappa shape index (κ1) is 16.9. The van der Waals surface area contributed by atoms with Gasteiger partial charge in [-0.3, -0.25) is 0 Å². The van der Waals surface area contributed by atoms with Gasteiger partial charge in [-0.15, -0.1) is 0 Å². The minimum atomic E-state index is -0.232. The molecule has 0 aliphatic heterocycles. The Hall–Kier alpha value is -3.59. The van der Waals surface area contributed by atoms with Crippen LogP contribution >= 0.6 is 0 Å². The highest BCUT2D eigenvalue weighted by molar-refractivity contribution is 6.01. The van der Waals surface area contributed by atoms with Gasteiger partial charge in [0.05, 0.1) is 11.7 Å². The van der Waals surface area contributed by atoms with E-state index in [0.29, 0.717) is 0 Å². The SMILES string of the molecule is O=C(Nc1cccc2ccccc12)NC(c1ccccc1)c1ccccc1. The third-order valence-corrected chi connectivity index (χ3v) is 4.58.